The number of hydrogen-bond acceptors (Lipinski definition) is 5. The van der Waals surface area contributed by atoms with E-state index in [9.17, 15) is 23.6 Å². The molecule has 8 nitrogen and oxygen atoms in total. The van der Waals surface area contributed by atoms with Crippen LogP contribution in [0, 0.1) is 17.7 Å². The van der Waals surface area contributed by atoms with Crippen LogP contribution < -0.4 is 20.4 Å². The first-order valence-electron chi connectivity index (χ1n) is 12.4. The van der Waals surface area contributed by atoms with Crippen molar-refractivity contribution in [2.75, 3.05) is 15.1 Å². The van der Waals surface area contributed by atoms with E-state index in [1.807, 2.05) is 31.2 Å². The van der Waals surface area contributed by atoms with E-state index in [0.717, 1.165) is 10.5 Å². The third-order valence-corrected chi connectivity index (χ3v) is 7.71. The summed E-state index contributed by atoms with van der Waals surface area (Å²) >= 11 is 0. The molecule has 0 aliphatic carbocycles. The fraction of sp³-hybridized carbons (Fsp3) is 0.241. The Morgan fingerprint density at radius 1 is 0.974 bits per heavy atom. The van der Waals surface area contributed by atoms with E-state index >= 15 is 0 Å². The Balaban J connectivity index is 1.40. The Morgan fingerprint density at radius 2 is 1.66 bits per heavy atom. The maximum atomic E-state index is 14.3. The van der Waals surface area contributed by atoms with Crippen molar-refractivity contribution >= 4 is 40.7 Å². The lowest BCUT2D eigenvalue weighted by Crippen LogP contribution is -2.54. The number of fused-ring (bicyclic) bond motifs is 4. The van der Waals surface area contributed by atoms with Crippen LogP contribution >= 0.6 is 0 Å². The first-order chi connectivity index (χ1) is 18.2. The molecule has 3 aromatic rings. The van der Waals surface area contributed by atoms with Gasteiger partial charge in [-0.25, -0.2) is 9.29 Å². The number of imide groups is 1. The van der Waals surface area contributed by atoms with Crippen molar-refractivity contribution in [1.82, 2.24) is 5.32 Å². The summed E-state index contributed by atoms with van der Waals surface area (Å²) < 4.78 is 13.5. The van der Waals surface area contributed by atoms with Crippen LogP contribution in [0.3, 0.4) is 0 Å². The second kappa shape index (κ2) is 8.59. The molecule has 2 fully saturated rings. The number of para-hydroxylation sites is 1. The first kappa shape index (κ1) is 24.0. The molecule has 38 heavy (non-hydrogen) atoms. The average molecular weight is 513 g/mol. The molecule has 4 atom stereocenters. The fourth-order valence-corrected chi connectivity index (χ4v) is 6.19. The molecule has 0 saturated carbocycles. The van der Waals surface area contributed by atoms with Gasteiger partial charge in [0.2, 0.25) is 17.7 Å². The van der Waals surface area contributed by atoms with Crippen molar-refractivity contribution < 1.29 is 23.6 Å². The Kier molecular flexibility index (Phi) is 5.43. The molecule has 3 aliphatic heterocycles. The van der Waals surface area contributed by atoms with Crippen LogP contribution in [0.4, 0.5) is 21.5 Å². The monoisotopic (exact) mass is 512 g/mol. The van der Waals surface area contributed by atoms with Gasteiger partial charge < -0.3 is 10.2 Å². The van der Waals surface area contributed by atoms with Crippen molar-refractivity contribution in [2.24, 2.45) is 11.8 Å². The molecule has 6 rings (SSSR count). The maximum absolute atomic E-state index is 14.3. The van der Waals surface area contributed by atoms with Gasteiger partial charge in [0.25, 0.3) is 5.91 Å². The largest absolute Gasteiger partial charge is 0.326 e. The Labute approximate surface area is 218 Å². The highest BCUT2D eigenvalue weighted by molar-refractivity contribution is 6.26. The van der Waals surface area contributed by atoms with Gasteiger partial charge in [-0.2, -0.15) is 0 Å². The molecule has 3 aliphatic rings. The van der Waals surface area contributed by atoms with Gasteiger partial charge in [0.1, 0.15) is 11.4 Å². The third-order valence-electron chi connectivity index (χ3n) is 7.71. The summed E-state index contributed by atoms with van der Waals surface area (Å²) in [5, 5.41) is 6.03. The van der Waals surface area contributed by atoms with Gasteiger partial charge in [0, 0.05) is 29.9 Å². The van der Waals surface area contributed by atoms with Gasteiger partial charge in [-0.15, -0.1) is 0 Å². The molecular weight excluding hydrogens is 487 g/mol. The molecule has 4 amide bonds. The van der Waals surface area contributed by atoms with Crippen LogP contribution in [0.25, 0.3) is 0 Å². The lowest BCUT2D eigenvalue weighted by atomic mass is 9.76. The molecule has 192 valence electrons. The first-order valence-corrected chi connectivity index (χ1v) is 12.4. The number of nitrogens with one attached hydrogen (secondary N) is 2. The number of benzene rings is 3. The van der Waals surface area contributed by atoms with Gasteiger partial charge in [-0.3, -0.25) is 24.5 Å². The molecular formula is C29H25FN4O4. The second-order valence-electron chi connectivity index (χ2n) is 10.0. The molecule has 2 saturated heterocycles. The van der Waals surface area contributed by atoms with Crippen molar-refractivity contribution in [3.8, 4) is 0 Å². The highest BCUT2D eigenvalue weighted by atomic mass is 19.1. The topological polar surface area (TPSA) is 98.8 Å². The van der Waals surface area contributed by atoms with Crippen molar-refractivity contribution in [3.05, 3.63) is 89.7 Å². The number of nitrogens with zero attached hydrogens (tertiary/aromatic N) is 2. The quantitative estimate of drug-likeness (QED) is 0.523. The predicted molar refractivity (Wildman–Crippen MR) is 139 cm³/mol. The molecule has 9 heteroatoms. The van der Waals surface area contributed by atoms with Crippen LogP contribution in [-0.2, 0) is 31.3 Å². The van der Waals surface area contributed by atoms with E-state index in [0.29, 0.717) is 22.6 Å². The fourth-order valence-electron chi connectivity index (χ4n) is 6.19. The minimum absolute atomic E-state index is 0.196. The predicted octanol–water partition coefficient (Wildman–Crippen LogP) is 3.32. The summed E-state index contributed by atoms with van der Waals surface area (Å²) in [7, 11) is 0. The van der Waals surface area contributed by atoms with Crippen LogP contribution in [0.5, 0.6) is 0 Å². The van der Waals surface area contributed by atoms with E-state index < -0.39 is 29.3 Å². The number of halogens is 1. The maximum Gasteiger partial charge on any atom is 0.253 e. The van der Waals surface area contributed by atoms with Gasteiger partial charge in [0.15, 0.2) is 0 Å². The number of hydrogen-bond donors (Lipinski definition) is 2. The zero-order valence-electron chi connectivity index (χ0n) is 20.8. The normalized spacial score (nSPS) is 25.8. The van der Waals surface area contributed by atoms with Crippen molar-refractivity contribution in [3.63, 3.8) is 0 Å². The van der Waals surface area contributed by atoms with E-state index in [1.54, 1.807) is 41.3 Å². The number of amides is 4. The standard InChI is InChI=1S/C29H25FN4O4/c1-16-24-25(27(37)34(26(24)36)21-13-11-20(12-14-21)31-17(2)35)29(32-16)22-5-3-4-6-23(22)33(28(29)38)15-18-7-9-19(30)10-8-18/h3-14,16,24-25,32H,15H2,1-2H3,(H,31,35)/t16-,24-,25-,29-/m0/s1. The summed E-state index contributed by atoms with van der Waals surface area (Å²) in [4.78, 5) is 56.1. The van der Waals surface area contributed by atoms with Gasteiger partial charge >= 0.3 is 0 Å². The third kappa shape index (κ3) is 3.39. The molecule has 0 radical (unpaired) electrons. The van der Waals surface area contributed by atoms with Crippen LogP contribution in [-0.4, -0.2) is 29.7 Å². The number of anilines is 3. The van der Waals surface area contributed by atoms with Crippen LogP contribution in [0.1, 0.15) is 25.0 Å². The van der Waals surface area contributed by atoms with Crippen molar-refractivity contribution in [1.29, 1.82) is 0 Å². The van der Waals surface area contributed by atoms with Crippen LogP contribution in [0.15, 0.2) is 72.8 Å². The summed E-state index contributed by atoms with van der Waals surface area (Å²) in [5.74, 6) is -3.40. The molecule has 0 bridgehead atoms. The number of rotatable bonds is 4. The zero-order chi connectivity index (χ0) is 26.8. The Morgan fingerprint density at radius 3 is 2.34 bits per heavy atom. The second-order valence-corrected chi connectivity index (χ2v) is 10.0. The van der Waals surface area contributed by atoms with Gasteiger partial charge in [-0.1, -0.05) is 30.3 Å². The summed E-state index contributed by atoms with van der Waals surface area (Å²) in [6, 6.07) is 19.3. The zero-order valence-corrected chi connectivity index (χ0v) is 20.8. The van der Waals surface area contributed by atoms with E-state index in [2.05, 4.69) is 10.6 Å². The minimum Gasteiger partial charge on any atom is -0.326 e. The van der Waals surface area contributed by atoms with E-state index in [4.69, 9.17) is 0 Å². The molecule has 1 spiro atoms. The van der Waals surface area contributed by atoms with Crippen molar-refractivity contribution in [2.45, 2.75) is 32.0 Å². The lowest BCUT2D eigenvalue weighted by molar-refractivity contribution is -0.132. The summed E-state index contributed by atoms with van der Waals surface area (Å²) in [6.45, 7) is 3.41. The molecule has 3 heterocycles. The molecule has 0 unspecified atom stereocenters. The molecule has 0 aromatic heterocycles. The highest BCUT2D eigenvalue weighted by Crippen LogP contribution is 2.55. The van der Waals surface area contributed by atoms with Gasteiger partial charge in [-0.05, 0) is 55.0 Å². The lowest BCUT2D eigenvalue weighted by Gasteiger charge is -2.30. The SMILES string of the molecule is CC(=O)Nc1ccc(N2C(=O)[C@H]3[C@H](C)N[C@]4(C(=O)N(Cc5ccc(F)cc5)c5ccccc54)[C@@H]3C2=O)cc1. The Hall–Kier alpha value is -4.37. The van der Waals surface area contributed by atoms with E-state index in [-0.39, 0.29) is 30.1 Å². The minimum atomic E-state index is -1.40. The Bertz CT molecular complexity index is 1490. The smallest absolute Gasteiger partial charge is 0.253 e. The highest BCUT2D eigenvalue weighted by Gasteiger charge is 2.71. The summed E-state index contributed by atoms with van der Waals surface area (Å²) in [5.41, 5.74) is 1.56. The number of carbonyl (C=O) groups is 4. The molecule has 3 aromatic carbocycles. The molecule has 2 N–H and O–H groups in total. The van der Waals surface area contributed by atoms with Gasteiger partial charge in [0.05, 0.1) is 24.1 Å². The summed E-state index contributed by atoms with van der Waals surface area (Å²) in [6.07, 6.45) is 0. The van der Waals surface area contributed by atoms with E-state index in [1.165, 1.54) is 19.1 Å². The average Bonchev–Trinajstić information content (AvgIpc) is 3.44. The van der Waals surface area contributed by atoms with Crippen LogP contribution in [0.2, 0.25) is 0 Å². The number of carbonyl (C=O) groups excluding carboxylic acids is 4.